The van der Waals surface area contributed by atoms with Crippen LogP contribution in [0.4, 0.5) is 17.1 Å². The molecule has 0 aliphatic heterocycles. The quantitative estimate of drug-likeness (QED) is 0.0874. The van der Waals surface area contributed by atoms with Crippen LogP contribution in [0, 0.1) is 172 Å². The summed E-state index contributed by atoms with van der Waals surface area (Å²) in [4.78, 5) is 12.3. The zero-order valence-electron chi connectivity index (χ0n) is 89.7. The molecule has 16 heteroatoms. The smallest absolute Gasteiger partial charge is 0.105 e. The Balaban J connectivity index is 0.000000247. The molecule has 0 spiro atoms. The van der Waals surface area contributed by atoms with Gasteiger partial charge in [0.1, 0.15) is 18.3 Å². The van der Waals surface area contributed by atoms with Gasteiger partial charge in [-0.1, -0.05) is 184 Å². The van der Waals surface area contributed by atoms with E-state index in [9.17, 15) is 15.3 Å². The number of hydrogen-bond acceptors (Lipinski definition) is 6. The van der Waals surface area contributed by atoms with E-state index in [1.807, 2.05) is 120 Å². The molecular formula is C124H153Cl4MoN6O3W2-3. The fourth-order valence-electron chi connectivity index (χ4n) is 17.2. The number of rotatable bonds is 15. The molecule has 3 N–H and O–H groups in total. The summed E-state index contributed by atoms with van der Waals surface area (Å²) in [6.45, 7) is 74.1. The van der Waals surface area contributed by atoms with Gasteiger partial charge in [-0.05, 0) is 225 Å². The van der Waals surface area contributed by atoms with Gasteiger partial charge in [-0.2, -0.15) is 34.2 Å². The van der Waals surface area contributed by atoms with E-state index in [4.69, 9.17) is 49.9 Å². The summed E-state index contributed by atoms with van der Waals surface area (Å²) in [5.41, 5.74) is 42.9. The Kier molecular flexibility index (Phi) is 48.5. The van der Waals surface area contributed by atoms with E-state index in [0.717, 1.165) is 146 Å². The van der Waals surface area contributed by atoms with Crippen LogP contribution >= 0.6 is 46.4 Å². The molecule has 0 bridgehead atoms. The van der Waals surface area contributed by atoms with Gasteiger partial charge in [0.15, 0.2) is 0 Å². The number of aliphatic hydroxyl groups is 3. The van der Waals surface area contributed by atoms with Crippen molar-refractivity contribution in [2.24, 2.45) is 15.9 Å². The van der Waals surface area contributed by atoms with Crippen LogP contribution in [-0.4, -0.2) is 28.5 Å². The van der Waals surface area contributed by atoms with Crippen LogP contribution in [0.2, 0.25) is 20.1 Å². The Morgan fingerprint density at radius 2 is 0.493 bits per heavy atom. The summed E-state index contributed by atoms with van der Waals surface area (Å²) in [6, 6.07) is 76.6. The molecule has 0 aliphatic carbocycles. The summed E-state index contributed by atoms with van der Waals surface area (Å²) in [6.07, 6.45) is -1.64. The minimum Gasteiger partial charge on any atom is -0.665 e. The Bertz CT molecular complexity index is 5870. The van der Waals surface area contributed by atoms with E-state index in [-0.39, 0.29) is 16.2 Å². The van der Waals surface area contributed by atoms with Gasteiger partial charge in [0.2, 0.25) is 0 Å². The van der Waals surface area contributed by atoms with Gasteiger partial charge in [-0.3, -0.25) is 0 Å². The fraction of sp³-hybridized carbons (Fsp3) is 0.347. The molecule has 0 atom stereocenters. The summed E-state index contributed by atoms with van der Waals surface area (Å²) >= 11 is 21.9. The SMILES string of the molecule is CC(C)(C)[CH]=[W]=[N]c1c(Cl)cccc1Cl.CC(C)([CH]=[W]=[N]c1c(Cl)cccc1Cl)c1ccccc1.CC(C)c1cccc(C(C)C)c1[N]=[Mo]=[CH]C(C)(C)c1ccccc1.Cc1cc(C)c(C(O)c2c(C)cc(C)cc2C)c(C)c1.Cc1cc(C)c(C(O)c2c(C)cc(C)cc2C)c(C)c1.Cc1cc(C)c(C(O)c2c(C)cc(C)cc2C)c(C)c1.Cc1ccc(C)[n-]1.Cc1ccc(C)[n-]1.Cc1ccc(C)[n-]1. The molecule has 746 valence electrons. The van der Waals surface area contributed by atoms with Crippen molar-refractivity contribution in [1.82, 2.24) is 15.0 Å². The molecule has 0 aliphatic rings. The third-order valence-corrected chi connectivity index (χ3v) is 34.7. The normalized spacial score (nSPS) is 11.0. The maximum absolute atomic E-state index is 10.9. The van der Waals surface area contributed by atoms with Gasteiger partial charge in [-0.25, -0.2) is 0 Å². The molecule has 0 fully saturated rings. The monoisotopic (exact) mass is 2380 g/mol. The molecule has 0 saturated heterocycles. The molecule has 3 heterocycles. The molecule has 9 nitrogen and oxygen atoms in total. The van der Waals surface area contributed by atoms with Crippen LogP contribution < -0.4 is 15.0 Å². The Morgan fingerprint density at radius 1 is 0.279 bits per heavy atom. The Morgan fingerprint density at radius 3 is 0.700 bits per heavy atom. The van der Waals surface area contributed by atoms with Crippen molar-refractivity contribution >= 4 is 76.7 Å². The molecule has 0 saturated carbocycles. The molecule has 11 aromatic carbocycles. The number of aryl methyl sites for hydroxylation is 24. The van der Waals surface area contributed by atoms with Crippen molar-refractivity contribution in [2.45, 2.75) is 283 Å². The van der Waals surface area contributed by atoms with Crippen LogP contribution in [-0.2, 0) is 64.6 Å². The average molecular weight is 2380 g/mol. The van der Waals surface area contributed by atoms with Crippen LogP contribution in [0.5, 0.6) is 0 Å². The molecule has 0 amide bonds. The van der Waals surface area contributed by atoms with E-state index < -0.39 is 72.1 Å². The molecule has 0 radical (unpaired) electrons. The van der Waals surface area contributed by atoms with Gasteiger partial charge in [-0.15, -0.1) is 0 Å². The van der Waals surface area contributed by atoms with Gasteiger partial charge < -0.3 is 30.3 Å². The number of aliphatic hydroxyl groups excluding tert-OH is 3. The molecule has 14 rings (SSSR count). The first-order valence-electron chi connectivity index (χ1n) is 48.0. The largest absolute Gasteiger partial charge is 0.665 e. The minimum absolute atomic E-state index is 0.0309. The molecule has 14 aromatic rings. The zero-order valence-corrected chi connectivity index (χ0v) is 101. The average Bonchev–Trinajstić information content (AvgIpc) is 1.30. The van der Waals surface area contributed by atoms with Gasteiger partial charge >= 0.3 is 403 Å². The molecular weight excluding hydrogens is 2230 g/mol. The zero-order chi connectivity index (χ0) is 105. The number of hydrogen-bond donors (Lipinski definition) is 3. The van der Waals surface area contributed by atoms with Crippen molar-refractivity contribution in [3.05, 3.63) is 434 Å². The maximum atomic E-state index is 10.9. The van der Waals surface area contributed by atoms with E-state index in [1.54, 1.807) is 0 Å². The predicted molar refractivity (Wildman–Crippen MR) is 594 cm³/mol. The van der Waals surface area contributed by atoms with Crippen LogP contribution in [0.3, 0.4) is 0 Å². The Hall–Kier alpha value is -8.63. The number of nitrogens with zero attached hydrogens (tertiary/aromatic N) is 6. The predicted octanol–water partition coefficient (Wildman–Crippen LogP) is 34.7. The first-order valence-corrected chi connectivity index (χ1v) is 57.6. The van der Waals surface area contributed by atoms with E-state index in [2.05, 4.69) is 382 Å². The Labute approximate surface area is 886 Å². The molecule has 3 aromatic heterocycles. The van der Waals surface area contributed by atoms with Crippen LogP contribution in [0.15, 0.2) is 235 Å². The summed E-state index contributed by atoms with van der Waals surface area (Å²) in [5.74, 6) is 1.02. The summed E-state index contributed by atoms with van der Waals surface area (Å²) < 4.78 is 21.4. The molecule has 140 heavy (non-hydrogen) atoms. The van der Waals surface area contributed by atoms with E-state index >= 15 is 0 Å². The summed E-state index contributed by atoms with van der Waals surface area (Å²) in [7, 11) is 0. The van der Waals surface area contributed by atoms with E-state index in [1.165, 1.54) is 61.3 Å². The second-order valence-corrected chi connectivity index (χ2v) is 47.7. The van der Waals surface area contributed by atoms with Gasteiger partial charge in [0.05, 0.1) is 0 Å². The second-order valence-electron chi connectivity index (χ2n) is 40.0. The van der Waals surface area contributed by atoms with Crippen molar-refractivity contribution in [3.63, 3.8) is 0 Å². The number of halogens is 4. The topological polar surface area (TPSA) is 140 Å². The maximum Gasteiger partial charge on any atom is 0.105 e. The van der Waals surface area contributed by atoms with Crippen molar-refractivity contribution in [2.75, 3.05) is 0 Å². The minimum atomic E-state index is -1.01. The molecule has 0 unspecified atom stereocenters. The van der Waals surface area contributed by atoms with Gasteiger partial charge in [0.25, 0.3) is 0 Å². The third kappa shape index (κ3) is 37.8. The van der Waals surface area contributed by atoms with Crippen molar-refractivity contribution in [3.8, 4) is 0 Å². The van der Waals surface area contributed by atoms with Crippen LogP contribution in [0.25, 0.3) is 0 Å². The standard InChI is InChI=1S/3C19H24O.C12H17N.2C10H12.2C6H3Cl2N.3C6H8N.C5H10.Mo.2W/c3*1-11-7-13(3)17(14(4)8-11)19(20)18-15(5)9-12(2)10-16(18)6;1-8(2)10-6-5-7-11(9(3)4)12(10)13;2*1-10(2,3)9-7-5-4-6-8-9;2*7-4-2-1-3-5(8)6(4)9;3*1-5-3-4-6(2)7-5;1-5(2,3)4;;;/h3*7-10,19-20H,1-6H3;5-9H,1-4H3;2*1,4-8H,2-3H3;2*1-3H;3*3-4H,1-2H3;1H,2-4H3;;;/q;;;;;;;;3*-1;;;;. The fourth-order valence-corrected chi connectivity index (χ4v) is 26.0. The first kappa shape index (κ1) is 120. The summed E-state index contributed by atoms with van der Waals surface area (Å²) in [5, 5.41) is 35.2. The van der Waals surface area contributed by atoms with Crippen molar-refractivity contribution < 1.29 is 69.1 Å². The van der Waals surface area contributed by atoms with E-state index in [0.29, 0.717) is 31.9 Å². The van der Waals surface area contributed by atoms with Gasteiger partial charge in [0, 0.05) is 0 Å². The van der Waals surface area contributed by atoms with Crippen molar-refractivity contribution in [1.29, 1.82) is 0 Å². The van der Waals surface area contributed by atoms with Crippen LogP contribution in [0.1, 0.15) is 296 Å². The number of aromatic nitrogens is 3. The first-order chi connectivity index (χ1) is 65.5. The number of benzene rings is 11. The second kappa shape index (κ2) is 56.6. The third-order valence-electron chi connectivity index (χ3n) is 23.6.